The van der Waals surface area contributed by atoms with Gasteiger partial charge < -0.3 is 14.2 Å². The van der Waals surface area contributed by atoms with Crippen molar-refractivity contribution < 1.29 is 13.6 Å². The minimum Gasteiger partial charge on any atom is -0.467 e. The van der Waals surface area contributed by atoms with E-state index in [4.69, 9.17) is 8.83 Å². The zero-order valence-electron chi connectivity index (χ0n) is 14.3. The van der Waals surface area contributed by atoms with E-state index < -0.39 is 0 Å². The summed E-state index contributed by atoms with van der Waals surface area (Å²) in [5, 5.41) is 10.9. The second kappa shape index (κ2) is 7.57. The van der Waals surface area contributed by atoms with Gasteiger partial charge in [0.25, 0.3) is 5.22 Å². The van der Waals surface area contributed by atoms with Gasteiger partial charge in [0.2, 0.25) is 11.8 Å². The fraction of sp³-hybridized carbons (Fsp3) is 0.278. The highest BCUT2D eigenvalue weighted by molar-refractivity contribution is 8.00. The van der Waals surface area contributed by atoms with Gasteiger partial charge in [0.05, 0.1) is 18.1 Å². The van der Waals surface area contributed by atoms with Crippen molar-refractivity contribution in [3.63, 3.8) is 0 Å². The van der Waals surface area contributed by atoms with E-state index in [0.29, 0.717) is 23.4 Å². The summed E-state index contributed by atoms with van der Waals surface area (Å²) in [6.45, 7) is 6.24. The largest absolute Gasteiger partial charge is 0.467 e. The molecule has 3 rings (SSSR count). The number of amides is 1. The Morgan fingerprint density at radius 1 is 1.24 bits per heavy atom. The number of carbonyl (C=O) groups excluding carboxylic acids is 1. The molecule has 0 unspecified atom stereocenters. The van der Waals surface area contributed by atoms with Crippen molar-refractivity contribution >= 4 is 17.7 Å². The lowest BCUT2D eigenvalue weighted by atomic mass is 10.1. The molecule has 3 aromatic rings. The fourth-order valence-corrected chi connectivity index (χ4v) is 2.89. The monoisotopic (exact) mass is 357 g/mol. The molecule has 0 aliphatic rings. The molecule has 1 amide bonds. The highest BCUT2D eigenvalue weighted by Crippen LogP contribution is 2.27. The zero-order chi connectivity index (χ0) is 17.8. The van der Waals surface area contributed by atoms with Crippen molar-refractivity contribution in [1.82, 2.24) is 15.5 Å². The van der Waals surface area contributed by atoms with Gasteiger partial charge in [-0.1, -0.05) is 17.8 Å². The lowest BCUT2D eigenvalue weighted by molar-refractivity contribution is -0.120. The molecule has 25 heavy (non-hydrogen) atoms. The van der Waals surface area contributed by atoms with Crippen molar-refractivity contribution in [3.05, 3.63) is 53.5 Å². The Morgan fingerprint density at radius 3 is 2.80 bits per heavy atom. The Kier molecular flexibility index (Phi) is 5.23. The lowest BCUT2D eigenvalue weighted by Gasteiger charge is -2.08. The SMILES string of the molecule is Cc1ccc(-c2nnc(S[C@H](C)C(=O)NCc3ccco3)o2)cc1C. The number of furan rings is 1. The molecule has 2 aromatic heterocycles. The van der Waals surface area contributed by atoms with Crippen LogP contribution in [0.4, 0.5) is 0 Å². The average molecular weight is 357 g/mol. The van der Waals surface area contributed by atoms with E-state index in [9.17, 15) is 4.79 Å². The zero-order valence-corrected chi connectivity index (χ0v) is 15.1. The summed E-state index contributed by atoms with van der Waals surface area (Å²) in [5.41, 5.74) is 3.24. The second-order valence-electron chi connectivity index (χ2n) is 5.73. The fourth-order valence-electron chi connectivity index (χ4n) is 2.18. The number of aromatic nitrogens is 2. The van der Waals surface area contributed by atoms with Gasteiger partial charge >= 0.3 is 0 Å². The van der Waals surface area contributed by atoms with Gasteiger partial charge in [-0.2, -0.15) is 0 Å². The first-order chi connectivity index (χ1) is 12.0. The molecule has 1 atom stereocenters. The van der Waals surface area contributed by atoms with Crippen LogP contribution in [0.3, 0.4) is 0 Å². The molecule has 0 aliphatic heterocycles. The van der Waals surface area contributed by atoms with E-state index in [-0.39, 0.29) is 11.2 Å². The van der Waals surface area contributed by atoms with Crippen molar-refractivity contribution in [2.24, 2.45) is 0 Å². The summed E-state index contributed by atoms with van der Waals surface area (Å²) in [4.78, 5) is 12.1. The molecule has 0 saturated heterocycles. The topological polar surface area (TPSA) is 81.2 Å². The quantitative estimate of drug-likeness (QED) is 0.677. The standard InChI is InChI=1S/C18H19N3O3S/c1-11-6-7-14(9-12(11)2)17-20-21-18(24-17)25-13(3)16(22)19-10-15-5-4-8-23-15/h4-9,13H,10H2,1-3H3,(H,19,22)/t13-/m1/s1. The van der Waals surface area contributed by atoms with Crippen molar-refractivity contribution in [2.75, 3.05) is 0 Å². The Hall–Kier alpha value is -2.54. The van der Waals surface area contributed by atoms with Gasteiger partial charge in [0, 0.05) is 5.56 Å². The van der Waals surface area contributed by atoms with Crippen LogP contribution in [0.25, 0.3) is 11.5 Å². The molecular weight excluding hydrogens is 338 g/mol. The number of hydrogen-bond acceptors (Lipinski definition) is 6. The Morgan fingerprint density at radius 2 is 2.08 bits per heavy atom. The Bertz CT molecular complexity index is 858. The summed E-state index contributed by atoms with van der Waals surface area (Å²) in [6, 6.07) is 9.57. The van der Waals surface area contributed by atoms with Gasteiger partial charge in [-0.05, 0) is 56.2 Å². The molecule has 0 aliphatic carbocycles. The lowest BCUT2D eigenvalue weighted by Crippen LogP contribution is -2.30. The molecular formula is C18H19N3O3S. The van der Waals surface area contributed by atoms with E-state index in [1.807, 2.05) is 31.2 Å². The van der Waals surface area contributed by atoms with Crippen LogP contribution in [0.2, 0.25) is 0 Å². The molecule has 0 radical (unpaired) electrons. The summed E-state index contributed by atoms with van der Waals surface area (Å²) >= 11 is 1.23. The molecule has 0 fully saturated rings. The molecule has 0 saturated carbocycles. The predicted octanol–water partition coefficient (Wildman–Crippen LogP) is 3.74. The first-order valence-corrected chi connectivity index (χ1v) is 8.79. The van der Waals surface area contributed by atoms with E-state index in [0.717, 1.165) is 11.1 Å². The molecule has 130 valence electrons. The Labute approximate surface area is 150 Å². The van der Waals surface area contributed by atoms with Gasteiger partial charge in [-0.3, -0.25) is 4.79 Å². The molecule has 2 heterocycles. The average Bonchev–Trinajstić information content (AvgIpc) is 3.27. The molecule has 0 bridgehead atoms. The maximum atomic E-state index is 12.1. The number of benzene rings is 1. The van der Waals surface area contributed by atoms with Crippen LogP contribution in [0.5, 0.6) is 0 Å². The van der Waals surface area contributed by atoms with Crippen LogP contribution in [-0.4, -0.2) is 21.4 Å². The smallest absolute Gasteiger partial charge is 0.277 e. The highest BCUT2D eigenvalue weighted by Gasteiger charge is 2.19. The van der Waals surface area contributed by atoms with Crippen LogP contribution >= 0.6 is 11.8 Å². The normalized spacial score (nSPS) is 12.1. The van der Waals surface area contributed by atoms with E-state index in [2.05, 4.69) is 22.4 Å². The minimum atomic E-state index is -0.358. The second-order valence-corrected chi connectivity index (χ2v) is 7.02. The van der Waals surface area contributed by atoms with Gasteiger partial charge in [-0.15, -0.1) is 10.2 Å². The molecule has 7 heteroatoms. The van der Waals surface area contributed by atoms with Crippen LogP contribution < -0.4 is 5.32 Å². The van der Waals surface area contributed by atoms with Gasteiger partial charge in [0.1, 0.15) is 5.76 Å². The highest BCUT2D eigenvalue weighted by atomic mass is 32.2. The third kappa shape index (κ3) is 4.30. The van der Waals surface area contributed by atoms with Crippen molar-refractivity contribution in [2.45, 2.75) is 37.8 Å². The number of rotatable bonds is 6. The number of nitrogens with one attached hydrogen (secondary N) is 1. The first-order valence-electron chi connectivity index (χ1n) is 7.91. The molecule has 1 aromatic carbocycles. The van der Waals surface area contributed by atoms with Crippen molar-refractivity contribution in [3.8, 4) is 11.5 Å². The number of hydrogen-bond donors (Lipinski definition) is 1. The maximum Gasteiger partial charge on any atom is 0.277 e. The molecule has 0 spiro atoms. The van der Waals surface area contributed by atoms with Crippen LogP contribution in [-0.2, 0) is 11.3 Å². The summed E-state index contributed by atoms with van der Waals surface area (Å²) in [5.74, 6) is 1.04. The molecule has 6 nitrogen and oxygen atoms in total. The van der Waals surface area contributed by atoms with Crippen LogP contribution in [0, 0.1) is 13.8 Å². The summed E-state index contributed by atoms with van der Waals surface area (Å²) < 4.78 is 10.9. The Balaban J connectivity index is 1.60. The van der Waals surface area contributed by atoms with Gasteiger partial charge in [0.15, 0.2) is 0 Å². The van der Waals surface area contributed by atoms with Crippen molar-refractivity contribution in [1.29, 1.82) is 0 Å². The number of thioether (sulfide) groups is 1. The number of carbonyl (C=O) groups is 1. The van der Waals surface area contributed by atoms with E-state index in [1.54, 1.807) is 19.3 Å². The summed E-state index contributed by atoms with van der Waals surface area (Å²) in [7, 11) is 0. The third-order valence-corrected chi connectivity index (χ3v) is 4.76. The number of aryl methyl sites for hydroxylation is 2. The van der Waals surface area contributed by atoms with E-state index >= 15 is 0 Å². The predicted molar refractivity (Wildman–Crippen MR) is 95.1 cm³/mol. The summed E-state index contributed by atoms with van der Waals surface area (Å²) in [6.07, 6.45) is 1.58. The van der Waals surface area contributed by atoms with Gasteiger partial charge in [-0.25, -0.2) is 0 Å². The molecule has 1 N–H and O–H groups in total. The maximum absolute atomic E-state index is 12.1. The minimum absolute atomic E-state index is 0.118. The van der Waals surface area contributed by atoms with Crippen LogP contribution in [0.1, 0.15) is 23.8 Å². The third-order valence-electron chi connectivity index (χ3n) is 3.82. The van der Waals surface area contributed by atoms with Crippen LogP contribution in [0.15, 0.2) is 50.7 Å². The number of nitrogens with zero attached hydrogens (tertiary/aromatic N) is 2. The van der Waals surface area contributed by atoms with E-state index in [1.165, 1.54) is 17.3 Å². The first kappa shape index (κ1) is 17.3.